The Labute approximate surface area is 118 Å². The molecule has 2 rings (SSSR count). The highest BCUT2D eigenvalue weighted by Crippen LogP contribution is 2.27. The molecule has 1 aromatic carbocycles. The predicted octanol–water partition coefficient (Wildman–Crippen LogP) is 1.58. The SMILES string of the molecule is NC(=O)c1[nH]c2ccc([N+](=O)[O-])cc2c1CCCC(=O)O. The minimum absolute atomic E-state index is 0.0558. The third-order valence-electron chi connectivity index (χ3n) is 3.16. The van der Waals surface area contributed by atoms with E-state index in [2.05, 4.69) is 4.98 Å². The fraction of sp³-hybridized carbons (Fsp3) is 0.231. The van der Waals surface area contributed by atoms with E-state index in [0.29, 0.717) is 29.3 Å². The topological polar surface area (TPSA) is 139 Å². The highest BCUT2D eigenvalue weighted by atomic mass is 16.6. The second kappa shape index (κ2) is 5.61. The summed E-state index contributed by atoms with van der Waals surface area (Å²) in [5.41, 5.74) is 6.42. The van der Waals surface area contributed by atoms with Gasteiger partial charge in [0.25, 0.3) is 11.6 Å². The molecule has 0 bridgehead atoms. The molecule has 8 heteroatoms. The minimum Gasteiger partial charge on any atom is -0.481 e. The maximum Gasteiger partial charge on any atom is 0.303 e. The van der Waals surface area contributed by atoms with Crippen LogP contribution in [0, 0.1) is 10.1 Å². The fourth-order valence-electron chi connectivity index (χ4n) is 2.24. The molecular formula is C13H13N3O5. The Kier molecular flexibility index (Phi) is 3.88. The normalized spacial score (nSPS) is 10.7. The second-order valence-electron chi connectivity index (χ2n) is 4.58. The number of carbonyl (C=O) groups excluding carboxylic acids is 1. The first-order chi connectivity index (χ1) is 9.90. The fourth-order valence-corrected chi connectivity index (χ4v) is 2.24. The number of hydrogen-bond donors (Lipinski definition) is 3. The monoisotopic (exact) mass is 291 g/mol. The molecule has 0 atom stereocenters. The van der Waals surface area contributed by atoms with Gasteiger partial charge in [-0.3, -0.25) is 19.7 Å². The average Bonchev–Trinajstić information content (AvgIpc) is 2.76. The number of aromatic amines is 1. The number of hydrogen-bond acceptors (Lipinski definition) is 4. The average molecular weight is 291 g/mol. The third-order valence-corrected chi connectivity index (χ3v) is 3.16. The number of carboxylic acids is 1. The molecule has 1 heterocycles. The number of H-pyrrole nitrogens is 1. The van der Waals surface area contributed by atoms with Crippen LogP contribution in [-0.4, -0.2) is 26.9 Å². The van der Waals surface area contributed by atoms with Gasteiger partial charge in [0, 0.05) is 29.5 Å². The molecule has 0 spiro atoms. The quantitative estimate of drug-likeness (QED) is 0.547. The number of nitrogens with one attached hydrogen (secondary N) is 1. The maximum absolute atomic E-state index is 11.4. The number of nitrogens with zero attached hydrogens (tertiary/aromatic N) is 1. The van der Waals surface area contributed by atoms with Crippen molar-refractivity contribution >= 4 is 28.5 Å². The lowest BCUT2D eigenvalue weighted by Gasteiger charge is -2.01. The molecule has 0 saturated carbocycles. The highest BCUT2D eigenvalue weighted by Gasteiger charge is 2.18. The van der Waals surface area contributed by atoms with Crippen molar-refractivity contribution < 1.29 is 19.6 Å². The van der Waals surface area contributed by atoms with Crippen molar-refractivity contribution in [2.75, 3.05) is 0 Å². The molecule has 21 heavy (non-hydrogen) atoms. The Balaban J connectivity index is 2.48. The first-order valence-corrected chi connectivity index (χ1v) is 6.20. The van der Waals surface area contributed by atoms with Gasteiger partial charge in [0.1, 0.15) is 5.69 Å². The molecule has 8 nitrogen and oxygen atoms in total. The number of rotatable bonds is 6. The number of primary amides is 1. The minimum atomic E-state index is -0.943. The van der Waals surface area contributed by atoms with Gasteiger partial charge in [-0.1, -0.05) is 0 Å². The summed E-state index contributed by atoms with van der Waals surface area (Å²) in [6, 6.07) is 4.18. The van der Waals surface area contributed by atoms with Crippen LogP contribution < -0.4 is 5.73 Å². The molecule has 0 unspecified atom stereocenters. The van der Waals surface area contributed by atoms with Gasteiger partial charge >= 0.3 is 5.97 Å². The van der Waals surface area contributed by atoms with E-state index in [9.17, 15) is 19.7 Å². The number of nitro groups is 1. The van der Waals surface area contributed by atoms with Gasteiger partial charge in [-0.15, -0.1) is 0 Å². The van der Waals surface area contributed by atoms with Crippen molar-refractivity contribution in [1.29, 1.82) is 0 Å². The number of fused-ring (bicyclic) bond motifs is 1. The van der Waals surface area contributed by atoms with Gasteiger partial charge in [-0.05, 0) is 24.5 Å². The zero-order valence-electron chi connectivity index (χ0n) is 11.0. The molecular weight excluding hydrogens is 278 g/mol. The summed E-state index contributed by atoms with van der Waals surface area (Å²) in [5.74, 6) is -1.62. The van der Waals surface area contributed by atoms with Crippen molar-refractivity contribution in [3.8, 4) is 0 Å². The van der Waals surface area contributed by atoms with Gasteiger partial charge in [-0.2, -0.15) is 0 Å². The largest absolute Gasteiger partial charge is 0.481 e. The molecule has 0 saturated heterocycles. The van der Waals surface area contributed by atoms with Crippen LogP contribution in [0.1, 0.15) is 28.9 Å². The van der Waals surface area contributed by atoms with E-state index in [4.69, 9.17) is 10.8 Å². The van der Waals surface area contributed by atoms with E-state index >= 15 is 0 Å². The molecule has 0 aliphatic heterocycles. The van der Waals surface area contributed by atoms with Crippen LogP contribution in [0.2, 0.25) is 0 Å². The van der Waals surface area contributed by atoms with E-state index in [0.717, 1.165) is 0 Å². The molecule has 0 radical (unpaired) electrons. The lowest BCUT2D eigenvalue weighted by Crippen LogP contribution is -2.13. The number of nitro benzene ring substituents is 1. The van der Waals surface area contributed by atoms with Crippen LogP contribution in [0.3, 0.4) is 0 Å². The van der Waals surface area contributed by atoms with Crippen LogP contribution >= 0.6 is 0 Å². The lowest BCUT2D eigenvalue weighted by atomic mass is 10.0. The Hall–Kier alpha value is -2.90. The Morgan fingerprint density at radius 3 is 2.67 bits per heavy atom. The van der Waals surface area contributed by atoms with Crippen LogP contribution in [-0.2, 0) is 11.2 Å². The molecule has 0 aliphatic rings. The van der Waals surface area contributed by atoms with Crippen LogP contribution in [0.15, 0.2) is 18.2 Å². The van der Waals surface area contributed by atoms with Crippen molar-refractivity contribution in [2.24, 2.45) is 5.73 Å². The first-order valence-electron chi connectivity index (χ1n) is 6.20. The molecule has 0 fully saturated rings. The Bertz CT molecular complexity index is 735. The standard InChI is InChI=1S/C13H13N3O5/c14-13(19)12-8(2-1-3-11(17)18)9-6-7(16(20)21)4-5-10(9)15-12/h4-6,15H,1-3H2,(H2,14,19)(H,17,18). The van der Waals surface area contributed by atoms with E-state index in [-0.39, 0.29) is 17.8 Å². The maximum atomic E-state index is 11.4. The second-order valence-corrected chi connectivity index (χ2v) is 4.58. The molecule has 110 valence electrons. The summed E-state index contributed by atoms with van der Waals surface area (Å²) in [6.07, 6.45) is 0.552. The molecule has 1 aromatic heterocycles. The smallest absolute Gasteiger partial charge is 0.303 e. The van der Waals surface area contributed by atoms with Gasteiger partial charge in [-0.25, -0.2) is 0 Å². The number of non-ortho nitro benzene ring substituents is 1. The molecule has 4 N–H and O–H groups in total. The third kappa shape index (κ3) is 2.99. The summed E-state index contributed by atoms with van der Waals surface area (Å²) in [4.78, 5) is 35.1. The number of aryl methyl sites for hydroxylation is 1. The molecule has 2 aromatic rings. The van der Waals surface area contributed by atoms with E-state index < -0.39 is 16.8 Å². The van der Waals surface area contributed by atoms with Crippen molar-refractivity contribution in [3.63, 3.8) is 0 Å². The number of aromatic nitrogens is 1. The summed E-state index contributed by atoms with van der Waals surface area (Å²) in [7, 11) is 0. The summed E-state index contributed by atoms with van der Waals surface area (Å²) < 4.78 is 0. The van der Waals surface area contributed by atoms with Crippen LogP contribution in [0.5, 0.6) is 0 Å². The zero-order valence-corrected chi connectivity index (χ0v) is 11.0. The Morgan fingerprint density at radius 1 is 1.38 bits per heavy atom. The van der Waals surface area contributed by atoms with E-state index in [1.54, 1.807) is 0 Å². The predicted molar refractivity (Wildman–Crippen MR) is 74.0 cm³/mol. The van der Waals surface area contributed by atoms with Gasteiger partial charge < -0.3 is 15.8 Å². The van der Waals surface area contributed by atoms with E-state index in [1.165, 1.54) is 18.2 Å². The zero-order chi connectivity index (χ0) is 15.6. The highest BCUT2D eigenvalue weighted by molar-refractivity contribution is 6.00. The molecule has 0 aliphatic carbocycles. The number of aliphatic carboxylic acids is 1. The van der Waals surface area contributed by atoms with E-state index in [1.807, 2.05) is 0 Å². The summed E-state index contributed by atoms with van der Waals surface area (Å²) in [5, 5.41) is 20.0. The number of nitrogens with two attached hydrogens (primary N) is 1. The molecule has 1 amide bonds. The van der Waals surface area contributed by atoms with Crippen LogP contribution in [0.25, 0.3) is 10.9 Å². The number of carboxylic acid groups (broad SMARTS) is 1. The van der Waals surface area contributed by atoms with Gasteiger partial charge in [0.05, 0.1) is 4.92 Å². The number of carbonyl (C=O) groups is 2. The van der Waals surface area contributed by atoms with Gasteiger partial charge in [0.2, 0.25) is 0 Å². The number of amides is 1. The van der Waals surface area contributed by atoms with Crippen molar-refractivity contribution in [3.05, 3.63) is 39.6 Å². The summed E-state index contributed by atoms with van der Waals surface area (Å²) >= 11 is 0. The van der Waals surface area contributed by atoms with Crippen molar-refractivity contribution in [1.82, 2.24) is 4.98 Å². The van der Waals surface area contributed by atoms with Crippen molar-refractivity contribution in [2.45, 2.75) is 19.3 Å². The lowest BCUT2D eigenvalue weighted by molar-refractivity contribution is -0.384. The van der Waals surface area contributed by atoms with Crippen LogP contribution in [0.4, 0.5) is 5.69 Å². The first kappa shape index (κ1) is 14.5. The summed E-state index contributed by atoms with van der Waals surface area (Å²) in [6.45, 7) is 0. The number of benzene rings is 1. The van der Waals surface area contributed by atoms with Gasteiger partial charge in [0.15, 0.2) is 0 Å². The Morgan fingerprint density at radius 2 is 2.10 bits per heavy atom.